The van der Waals surface area contributed by atoms with Gasteiger partial charge >= 0.3 is 0 Å². The number of unbranched alkanes of at least 4 members (excludes halogenated alkanes) is 1. The van der Waals surface area contributed by atoms with Gasteiger partial charge in [-0.1, -0.05) is 81.3 Å². The standard InChI is InChI=1S/C30H40ClN3O/c1-7-8-18-34-25(27(31)33-28(34)26-21(2)12-11-13-22(26)3)19-29(4,5)20-30(35-6)24-15-10-9-14-23(24)16-17-32-30/h9-15,32H,7-8,16-20H2,1-6H3. The van der Waals surface area contributed by atoms with Crippen molar-refractivity contribution in [1.82, 2.24) is 14.9 Å². The Morgan fingerprint density at radius 1 is 1.11 bits per heavy atom. The van der Waals surface area contributed by atoms with Gasteiger partial charge in [-0.15, -0.1) is 0 Å². The molecule has 0 radical (unpaired) electrons. The van der Waals surface area contributed by atoms with Gasteiger partial charge in [0.1, 0.15) is 11.5 Å². The van der Waals surface area contributed by atoms with Crippen molar-refractivity contribution in [3.8, 4) is 11.4 Å². The lowest BCUT2D eigenvalue weighted by atomic mass is 9.75. The van der Waals surface area contributed by atoms with Crippen LogP contribution in [0.1, 0.15) is 68.0 Å². The van der Waals surface area contributed by atoms with Crippen LogP contribution in [0.4, 0.5) is 0 Å². The summed E-state index contributed by atoms with van der Waals surface area (Å²) in [6, 6.07) is 15.1. The molecule has 0 amide bonds. The number of nitrogens with one attached hydrogen (secondary N) is 1. The molecule has 2 heterocycles. The van der Waals surface area contributed by atoms with Gasteiger partial charge in [-0.2, -0.15) is 0 Å². The molecule has 1 aliphatic heterocycles. The summed E-state index contributed by atoms with van der Waals surface area (Å²) in [5, 5.41) is 4.33. The minimum absolute atomic E-state index is 0.0842. The summed E-state index contributed by atoms with van der Waals surface area (Å²) >= 11 is 6.90. The predicted octanol–water partition coefficient (Wildman–Crippen LogP) is 7.22. The number of imidazole rings is 1. The van der Waals surface area contributed by atoms with E-state index in [1.165, 1.54) is 27.8 Å². The van der Waals surface area contributed by atoms with Crippen LogP contribution in [0.3, 0.4) is 0 Å². The molecule has 0 fully saturated rings. The molecule has 0 bridgehead atoms. The number of aryl methyl sites for hydroxylation is 2. The van der Waals surface area contributed by atoms with Crippen molar-refractivity contribution in [1.29, 1.82) is 0 Å². The van der Waals surface area contributed by atoms with Crippen molar-refractivity contribution in [3.05, 3.63) is 75.6 Å². The molecular weight excluding hydrogens is 454 g/mol. The molecule has 4 nitrogen and oxygen atoms in total. The van der Waals surface area contributed by atoms with Crippen LogP contribution in [0.2, 0.25) is 5.15 Å². The second-order valence-electron chi connectivity index (χ2n) is 10.8. The number of aromatic nitrogens is 2. The molecule has 1 aromatic heterocycles. The lowest BCUT2D eigenvalue weighted by molar-refractivity contribution is -0.0803. The largest absolute Gasteiger partial charge is 0.360 e. The van der Waals surface area contributed by atoms with Crippen LogP contribution in [-0.4, -0.2) is 23.2 Å². The second kappa shape index (κ2) is 10.5. The highest BCUT2D eigenvalue weighted by Crippen LogP contribution is 2.42. The number of methoxy groups -OCH3 is 1. The van der Waals surface area contributed by atoms with Gasteiger partial charge in [0.25, 0.3) is 0 Å². The zero-order valence-electron chi connectivity index (χ0n) is 22.2. The van der Waals surface area contributed by atoms with Crippen molar-refractivity contribution in [2.75, 3.05) is 13.7 Å². The number of hydrogen-bond donors (Lipinski definition) is 1. The molecule has 1 N–H and O–H groups in total. The van der Waals surface area contributed by atoms with Gasteiger partial charge in [0.2, 0.25) is 0 Å². The van der Waals surface area contributed by atoms with E-state index in [9.17, 15) is 0 Å². The summed E-state index contributed by atoms with van der Waals surface area (Å²) in [6.45, 7) is 13.0. The molecule has 0 saturated heterocycles. The maximum atomic E-state index is 6.90. The number of rotatable bonds is 9. The first-order valence-electron chi connectivity index (χ1n) is 12.9. The van der Waals surface area contributed by atoms with Crippen molar-refractivity contribution in [2.45, 2.75) is 79.0 Å². The third kappa shape index (κ3) is 5.21. The summed E-state index contributed by atoms with van der Waals surface area (Å²) in [6.07, 6.45) is 4.90. The number of ether oxygens (including phenoxy) is 1. The van der Waals surface area contributed by atoms with E-state index in [4.69, 9.17) is 21.3 Å². The highest BCUT2D eigenvalue weighted by Gasteiger charge is 2.41. The van der Waals surface area contributed by atoms with Gasteiger partial charge in [0.05, 0.1) is 5.69 Å². The van der Waals surface area contributed by atoms with E-state index in [1.54, 1.807) is 0 Å². The predicted molar refractivity (Wildman–Crippen MR) is 146 cm³/mol. The van der Waals surface area contributed by atoms with E-state index in [0.717, 1.165) is 56.7 Å². The summed E-state index contributed by atoms with van der Waals surface area (Å²) in [4.78, 5) is 4.94. The van der Waals surface area contributed by atoms with Crippen LogP contribution in [-0.2, 0) is 29.8 Å². The number of fused-ring (bicyclic) bond motifs is 1. The third-order valence-corrected chi connectivity index (χ3v) is 7.75. The molecule has 35 heavy (non-hydrogen) atoms. The first-order chi connectivity index (χ1) is 16.7. The first-order valence-corrected chi connectivity index (χ1v) is 13.3. The number of halogens is 1. The van der Waals surface area contributed by atoms with E-state index in [2.05, 4.69) is 87.0 Å². The lowest BCUT2D eigenvalue weighted by Gasteiger charge is -2.43. The Morgan fingerprint density at radius 3 is 2.51 bits per heavy atom. The molecule has 1 unspecified atom stereocenters. The van der Waals surface area contributed by atoms with E-state index in [-0.39, 0.29) is 5.41 Å². The van der Waals surface area contributed by atoms with E-state index >= 15 is 0 Å². The van der Waals surface area contributed by atoms with Crippen LogP contribution in [0.25, 0.3) is 11.4 Å². The second-order valence-corrected chi connectivity index (χ2v) is 11.2. The van der Waals surface area contributed by atoms with Gasteiger partial charge in [-0.25, -0.2) is 4.98 Å². The summed E-state index contributed by atoms with van der Waals surface area (Å²) in [5.41, 5.74) is 6.82. The molecule has 0 saturated carbocycles. The van der Waals surface area contributed by atoms with Gasteiger partial charge in [0.15, 0.2) is 5.15 Å². The Kier molecular flexibility index (Phi) is 7.75. The van der Waals surface area contributed by atoms with Crippen molar-refractivity contribution in [3.63, 3.8) is 0 Å². The summed E-state index contributed by atoms with van der Waals surface area (Å²) < 4.78 is 8.62. The van der Waals surface area contributed by atoms with Gasteiger partial charge < -0.3 is 9.30 Å². The highest BCUT2D eigenvalue weighted by atomic mass is 35.5. The van der Waals surface area contributed by atoms with E-state index < -0.39 is 5.72 Å². The average Bonchev–Trinajstić information content (AvgIpc) is 3.11. The maximum Gasteiger partial charge on any atom is 0.150 e. The number of nitrogens with zero attached hydrogens (tertiary/aromatic N) is 2. The van der Waals surface area contributed by atoms with Crippen LogP contribution in [0.5, 0.6) is 0 Å². The molecule has 0 aliphatic carbocycles. The van der Waals surface area contributed by atoms with Gasteiger partial charge in [0, 0.05) is 31.3 Å². The summed E-state index contributed by atoms with van der Waals surface area (Å²) in [7, 11) is 1.82. The quantitative estimate of drug-likeness (QED) is 0.342. The molecule has 5 heteroatoms. The average molecular weight is 494 g/mol. The van der Waals surface area contributed by atoms with Crippen LogP contribution >= 0.6 is 11.6 Å². The third-order valence-electron chi connectivity index (χ3n) is 7.44. The molecule has 2 aromatic carbocycles. The van der Waals surface area contributed by atoms with E-state index in [0.29, 0.717) is 5.15 Å². The Labute approximate surface area is 216 Å². The molecule has 0 spiro atoms. The van der Waals surface area contributed by atoms with Crippen molar-refractivity contribution in [2.24, 2.45) is 5.41 Å². The topological polar surface area (TPSA) is 39.1 Å². The molecule has 1 aliphatic rings. The SMILES string of the molecule is CCCCn1c(-c2c(C)cccc2C)nc(Cl)c1CC(C)(C)CC1(OC)NCCc2ccccc21. The zero-order valence-corrected chi connectivity index (χ0v) is 22.9. The van der Waals surface area contributed by atoms with Gasteiger partial charge in [-0.3, -0.25) is 5.32 Å². The zero-order chi connectivity index (χ0) is 25.2. The van der Waals surface area contributed by atoms with E-state index in [1.807, 2.05) is 7.11 Å². The van der Waals surface area contributed by atoms with Crippen LogP contribution in [0.15, 0.2) is 42.5 Å². The summed E-state index contributed by atoms with van der Waals surface area (Å²) in [5.74, 6) is 0.993. The fraction of sp³-hybridized carbons (Fsp3) is 0.500. The Morgan fingerprint density at radius 2 is 1.83 bits per heavy atom. The van der Waals surface area contributed by atoms with Crippen molar-refractivity contribution < 1.29 is 4.74 Å². The lowest BCUT2D eigenvalue weighted by Crippen LogP contribution is -2.51. The molecule has 3 aromatic rings. The monoisotopic (exact) mass is 493 g/mol. The van der Waals surface area contributed by atoms with Crippen LogP contribution < -0.4 is 5.32 Å². The smallest absolute Gasteiger partial charge is 0.150 e. The normalized spacial score (nSPS) is 18.0. The van der Waals surface area contributed by atoms with Crippen LogP contribution in [0, 0.1) is 19.3 Å². The Hall–Kier alpha value is -2.14. The highest BCUT2D eigenvalue weighted by molar-refractivity contribution is 6.30. The molecule has 4 rings (SSSR count). The minimum atomic E-state index is -0.505. The Bertz CT molecular complexity index is 1160. The first kappa shape index (κ1) is 25.9. The Balaban J connectivity index is 1.72. The van der Waals surface area contributed by atoms with Gasteiger partial charge in [-0.05, 0) is 61.6 Å². The van der Waals surface area contributed by atoms with Crippen molar-refractivity contribution >= 4 is 11.6 Å². The maximum absolute atomic E-state index is 6.90. The fourth-order valence-electron chi connectivity index (χ4n) is 5.77. The minimum Gasteiger partial charge on any atom is -0.360 e. The molecule has 188 valence electrons. The number of hydrogen-bond acceptors (Lipinski definition) is 3. The fourth-order valence-corrected chi connectivity index (χ4v) is 6.02. The molecule has 1 atom stereocenters. The molecular formula is C30H40ClN3O. The number of benzene rings is 2.